The van der Waals surface area contributed by atoms with Crippen molar-refractivity contribution in [3.63, 3.8) is 0 Å². The summed E-state index contributed by atoms with van der Waals surface area (Å²) in [6.07, 6.45) is 1.66. The maximum atomic E-state index is 12.5. The SMILES string of the molecule is Cc1ccc(Cl)cc1NC(=O)C(C)Sc1nnc2c(Cl)cc(Cl)cn12. The Bertz CT molecular complexity index is 960. The number of aromatic nitrogens is 3. The van der Waals surface area contributed by atoms with Crippen molar-refractivity contribution in [2.24, 2.45) is 0 Å². The van der Waals surface area contributed by atoms with Crippen LogP contribution in [0.15, 0.2) is 35.6 Å². The number of nitrogens with zero attached hydrogens (tertiary/aromatic N) is 3. The standard InChI is InChI=1S/C16H13Cl3N4OS/c1-8-3-4-10(17)6-13(8)20-15(24)9(2)25-16-22-21-14-12(19)5-11(18)7-23(14)16/h3-7,9H,1-2H3,(H,20,24). The molecule has 0 aliphatic rings. The van der Waals surface area contributed by atoms with Crippen molar-refractivity contribution in [3.05, 3.63) is 51.1 Å². The van der Waals surface area contributed by atoms with Crippen LogP contribution < -0.4 is 5.32 Å². The molecule has 0 spiro atoms. The Hall–Kier alpha value is -1.47. The maximum absolute atomic E-state index is 12.5. The van der Waals surface area contributed by atoms with Gasteiger partial charge in [-0.2, -0.15) is 0 Å². The molecular formula is C16H13Cl3N4OS. The van der Waals surface area contributed by atoms with Gasteiger partial charge < -0.3 is 5.32 Å². The summed E-state index contributed by atoms with van der Waals surface area (Å²) in [5.74, 6) is -0.166. The normalized spacial score (nSPS) is 12.4. The summed E-state index contributed by atoms with van der Waals surface area (Å²) >= 11 is 19.4. The first-order valence-corrected chi connectivity index (χ1v) is 9.30. The van der Waals surface area contributed by atoms with Gasteiger partial charge in [-0.05, 0) is 37.6 Å². The second kappa shape index (κ2) is 7.41. The zero-order valence-corrected chi connectivity index (χ0v) is 16.3. The first-order chi connectivity index (χ1) is 11.8. The molecule has 0 fully saturated rings. The van der Waals surface area contributed by atoms with Crippen LogP contribution in [0.3, 0.4) is 0 Å². The maximum Gasteiger partial charge on any atom is 0.237 e. The molecular weight excluding hydrogens is 403 g/mol. The van der Waals surface area contributed by atoms with E-state index in [1.54, 1.807) is 35.7 Å². The molecule has 0 bridgehead atoms. The highest BCUT2D eigenvalue weighted by Crippen LogP contribution is 2.28. The minimum absolute atomic E-state index is 0.166. The number of anilines is 1. The number of amides is 1. The molecule has 0 aliphatic heterocycles. The van der Waals surface area contributed by atoms with E-state index in [1.165, 1.54) is 11.8 Å². The van der Waals surface area contributed by atoms with E-state index < -0.39 is 5.25 Å². The number of pyridine rings is 1. The van der Waals surface area contributed by atoms with E-state index in [9.17, 15) is 4.79 Å². The van der Waals surface area contributed by atoms with Gasteiger partial charge in [0.25, 0.3) is 0 Å². The summed E-state index contributed by atoms with van der Waals surface area (Å²) in [7, 11) is 0. The molecule has 3 aromatic rings. The second-order valence-electron chi connectivity index (χ2n) is 5.39. The number of rotatable bonds is 4. The number of fused-ring (bicyclic) bond motifs is 1. The van der Waals surface area contributed by atoms with Crippen LogP contribution in [-0.4, -0.2) is 25.8 Å². The quantitative estimate of drug-likeness (QED) is 0.601. The van der Waals surface area contributed by atoms with Crippen molar-refractivity contribution >= 4 is 63.8 Å². The van der Waals surface area contributed by atoms with Gasteiger partial charge in [-0.3, -0.25) is 9.20 Å². The van der Waals surface area contributed by atoms with Crippen molar-refractivity contribution in [1.29, 1.82) is 0 Å². The van der Waals surface area contributed by atoms with Crippen molar-refractivity contribution in [2.45, 2.75) is 24.3 Å². The van der Waals surface area contributed by atoms with Gasteiger partial charge in [0.15, 0.2) is 10.8 Å². The fourth-order valence-corrected chi connectivity index (χ4v) is 3.66. The Labute approximate surface area is 163 Å². The average Bonchev–Trinajstić information content (AvgIpc) is 2.94. The Morgan fingerprint density at radius 2 is 1.96 bits per heavy atom. The Kier molecular flexibility index (Phi) is 5.43. The van der Waals surface area contributed by atoms with E-state index in [2.05, 4.69) is 15.5 Å². The number of carbonyl (C=O) groups is 1. The molecule has 0 saturated heterocycles. The third kappa shape index (κ3) is 4.03. The van der Waals surface area contributed by atoms with Crippen LogP contribution in [-0.2, 0) is 4.79 Å². The fourth-order valence-electron chi connectivity index (χ4n) is 2.16. The average molecular weight is 416 g/mol. The molecule has 3 rings (SSSR count). The van der Waals surface area contributed by atoms with Crippen molar-refractivity contribution in [1.82, 2.24) is 14.6 Å². The number of hydrogen-bond donors (Lipinski definition) is 1. The molecule has 25 heavy (non-hydrogen) atoms. The summed E-state index contributed by atoms with van der Waals surface area (Å²) in [6, 6.07) is 6.95. The minimum atomic E-state index is -0.413. The van der Waals surface area contributed by atoms with E-state index in [4.69, 9.17) is 34.8 Å². The minimum Gasteiger partial charge on any atom is -0.325 e. The lowest BCUT2D eigenvalue weighted by atomic mass is 10.2. The van der Waals surface area contributed by atoms with Crippen LogP contribution in [0.4, 0.5) is 5.69 Å². The van der Waals surface area contributed by atoms with E-state index in [0.717, 1.165) is 5.56 Å². The Morgan fingerprint density at radius 1 is 1.20 bits per heavy atom. The molecule has 0 aliphatic carbocycles. The largest absolute Gasteiger partial charge is 0.325 e. The lowest BCUT2D eigenvalue weighted by Crippen LogP contribution is -2.23. The molecule has 1 atom stereocenters. The first-order valence-electron chi connectivity index (χ1n) is 7.28. The molecule has 130 valence electrons. The predicted molar refractivity (Wildman–Crippen MR) is 103 cm³/mol. The zero-order chi connectivity index (χ0) is 18.1. The molecule has 2 aromatic heterocycles. The van der Waals surface area contributed by atoms with Gasteiger partial charge in [0.2, 0.25) is 5.91 Å². The summed E-state index contributed by atoms with van der Waals surface area (Å²) in [5, 5.41) is 12.6. The molecule has 1 N–H and O–H groups in total. The van der Waals surface area contributed by atoms with Gasteiger partial charge >= 0.3 is 0 Å². The number of hydrogen-bond acceptors (Lipinski definition) is 4. The first kappa shape index (κ1) is 18.3. The summed E-state index contributed by atoms with van der Waals surface area (Å²) in [4.78, 5) is 12.5. The zero-order valence-electron chi connectivity index (χ0n) is 13.3. The highest BCUT2D eigenvalue weighted by molar-refractivity contribution is 8.00. The Morgan fingerprint density at radius 3 is 2.72 bits per heavy atom. The van der Waals surface area contributed by atoms with Crippen LogP contribution >= 0.6 is 46.6 Å². The number of carbonyl (C=O) groups excluding carboxylic acids is 1. The third-order valence-electron chi connectivity index (χ3n) is 3.50. The topological polar surface area (TPSA) is 59.3 Å². The van der Waals surface area contributed by atoms with Crippen molar-refractivity contribution in [3.8, 4) is 0 Å². The molecule has 5 nitrogen and oxygen atoms in total. The van der Waals surface area contributed by atoms with Gasteiger partial charge in [0.1, 0.15) is 0 Å². The summed E-state index contributed by atoms with van der Waals surface area (Å²) in [6.45, 7) is 3.69. The van der Waals surface area contributed by atoms with Crippen LogP contribution in [0.5, 0.6) is 0 Å². The summed E-state index contributed by atoms with van der Waals surface area (Å²) in [5.41, 5.74) is 2.11. The van der Waals surface area contributed by atoms with Crippen LogP contribution in [0.2, 0.25) is 15.1 Å². The predicted octanol–water partition coefficient (Wildman–Crippen LogP) is 5.12. The molecule has 9 heteroatoms. The third-order valence-corrected chi connectivity index (χ3v) is 5.28. The Balaban J connectivity index is 1.79. The van der Waals surface area contributed by atoms with Crippen LogP contribution in [0, 0.1) is 6.92 Å². The van der Waals surface area contributed by atoms with Crippen LogP contribution in [0.1, 0.15) is 12.5 Å². The van der Waals surface area contributed by atoms with E-state index in [0.29, 0.717) is 31.6 Å². The highest BCUT2D eigenvalue weighted by atomic mass is 35.5. The number of aryl methyl sites for hydroxylation is 1. The van der Waals surface area contributed by atoms with Gasteiger partial charge in [0.05, 0.1) is 15.3 Å². The number of halogens is 3. The van der Waals surface area contributed by atoms with Gasteiger partial charge in [0, 0.05) is 16.9 Å². The van der Waals surface area contributed by atoms with Crippen molar-refractivity contribution in [2.75, 3.05) is 5.32 Å². The smallest absolute Gasteiger partial charge is 0.237 e. The number of benzene rings is 1. The lowest BCUT2D eigenvalue weighted by Gasteiger charge is -2.13. The number of thioether (sulfide) groups is 1. The van der Waals surface area contributed by atoms with Crippen molar-refractivity contribution < 1.29 is 4.79 Å². The van der Waals surface area contributed by atoms with Gasteiger partial charge in [-0.15, -0.1) is 10.2 Å². The number of nitrogens with one attached hydrogen (secondary N) is 1. The molecule has 0 radical (unpaired) electrons. The monoisotopic (exact) mass is 414 g/mol. The molecule has 1 unspecified atom stereocenters. The van der Waals surface area contributed by atoms with E-state index in [-0.39, 0.29) is 5.91 Å². The van der Waals surface area contributed by atoms with Gasteiger partial charge in [-0.1, -0.05) is 52.6 Å². The molecule has 0 saturated carbocycles. The lowest BCUT2D eigenvalue weighted by molar-refractivity contribution is -0.115. The van der Waals surface area contributed by atoms with E-state index >= 15 is 0 Å². The summed E-state index contributed by atoms with van der Waals surface area (Å²) < 4.78 is 1.67. The molecule has 2 heterocycles. The fraction of sp³-hybridized carbons (Fsp3) is 0.188. The molecule has 1 aromatic carbocycles. The van der Waals surface area contributed by atoms with E-state index in [1.807, 2.05) is 13.0 Å². The molecule has 1 amide bonds. The van der Waals surface area contributed by atoms with Crippen LogP contribution in [0.25, 0.3) is 5.65 Å². The second-order valence-corrected chi connectivity index (χ2v) is 7.98. The van der Waals surface area contributed by atoms with Gasteiger partial charge in [-0.25, -0.2) is 0 Å². The highest BCUT2D eigenvalue weighted by Gasteiger charge is 2.19.